The minimum atomic E-state index is -2.97. The number of carbonyl (C=O) groups is 1. The zero-order valence-corrected chi connectivity index (χ0v) is 12.2. The van der Waals surface area contributed by atoms with E-state index in [9.17, 15) is 13.6 Å². The molecule has 1 aromatic carbocycles. The zero-order chi connectivity index (χ0) is 14.5. The maximum absolute atomic E-state index is 12.3. The highest BCUT2D eigenvalue weighted by Gasteiger charge is 2.19. The Morgan fingerprint density at radius 2 is 2.14 bits per heavy atom. The van der Waals surface area contributed by atoms with Crippen molar-refractivity contribution in [3.05, 3.63) is 23.8 Å². The van der Waals surface area contributed by atoms with Crippen molar-refractivity contribution in [3.8, 4) is 11.5 Å². The predicted molar refractivity (Wildman–Crippen MR) is 75.6 cm³/mol. The number of hydrogen-bond donors (Lipinski definition) is 2. The average molecular weight is 323 g/mol. The molecular weight excluding hydrogens is 306 g/mol. The van der Waals surface area contributed by atoms with Gasteiger partial charge in [0.1, 0.15) is 0 Å². The maximum Gasteiger partial charge on any atom is 0.387 e. The van der Waals surface area contributed by atoms with Crippen LogP contribution in [-0.4, -0.2) is 39.3 Å². The highest BCUT2D eigenvalue weighted by atomic mass is 35.5. The normalized spacial score (nSPS) is 14.1. The fourth-order valence-corrected chi connectivity index (χ4v) is 1.84. The molecule has 5 nitrogen and oxygen atoms in total. The van der Waals surface area contributed by atoms with Gasteiger partial charge in [-0.15, -0.1) is 12.4 Å². The lowest BCUT2D eigenvalue weighted by Gasteiger charge is -2.27. The second-order valence-corrected chi connectivity index (χ2v) is 4.48. The van der Waals surface area contributed by atoms with E-state index in [0.717, 1.165) is 13.1 Å². The molecule has 2 N–H and O–H groups in total. The number of alkyl halides is 2. The third kappa shape index (κ3) is 4.71. The summed E-state index contributed by atoms with van der Waals surface area (Å²) in [5.41, 5.74) is 0.258. The molecule has 0 bridgehead atoms. The maximum atomic E-state index is 12.3. The van der Waals surface area contributed by atoms with Gasteiger partial charge >= 0.3 is 6.61 Å². The number of hydrogen-bond acceptors (Lipinski definition) is 4. The van der Waals surface area contributed by atoms with Crippen LogP contribution in [0.4, 0.5) is 8.78 Å². The van der Waals surface area contributed by atoms with E-state index in [0.29, 0.717) is 12.5 Å². The molecule has 8 heteroatoms. The molecule has 1 aromatic rings. The van der Waals surface area contributed by atoms with Crippen molar-refractivity contribution < 1.29 is 23.0 Å². The summed E-state index contributed by atoms with van der Waals surface area (Å²) in [7, 11) is 1.34. The smallest absolute Gasteiger partial charge is 0.387 e. The first-order valence-corrected chi connectivity index (χ1v) is 6.22. The Morgan fingerprint density at radius 1 is 1.43 bits per heavy atom. The molecule has 0 aliphatic carbocycles. The Morgan fingerprint density at radius 3 is 2.67 bits per heavy atom. The Kier molecular flexibility index (Phi) is 6.64. The van der Waals surface area contributed by atoms with Crippen LogP contribution < -0.4 is 20.1 Å². The van der Waals surface area contributed by atoms with Gasteiger partial charge in [0.15, 0.2) is 11.5 Å². The van der Waals surface area contributed by atoms with Crippen molar-refractivity contribution in [2.24, 2.45) is 5.92 Å². The van der Waals surface area contributed by atoms with Crippen LogP contribution in [-0.2, 0) is 0 Å². The molecule has 0 atom stereocenters. The van der Waals surface area contributed by atoms with Crippen molar-refractivity contribution in [1.29, 1.82) is 0 Å². The van der Waals surface area contributed by atoms with Crippen molar-refractivity contribution in [3.63, 3.8) is 0 Å². The molecule has 0 radical (unpaired) electrons. The summed E-state index contributed by atoms with van der Waals surface area (Å²) in [4.78, 5) is 11.9. The summed E-state index contributed by atoms with van der Waals surface area (Å²) < 4.78 is 33.8. The fourth-order valence-electron chi connectivity index (χ4n) is 1.84. The topological polar surface area (TPSA) is 59.6 Å². The van der Waals surface area contributed by atoms with Crippen molar-refractivity contribution in [1.82, 2.24) is 10.6 Å². The first-order chi connectivity index (χ1) is 9.60. The number of halogens is 3. The highest BCUT2D eigenvalue weighted by Crippen LogP contribution is 2.29. The zero-order valence-electron chi connectivity index (χ0n) is 11.4. The molecule has 21 heavy (non-hydrogen) atoms. The molecule has 2 rings (SSSR count). The lowest BCUT2D eigenvalue weighted by atomic mass is 10.0. The van der Waals surface area contributed by atoms with Crippen LogP contribution >= 0.6 is 12.4 Å². The van der Waals surface area contributed by atoms with E-state index in [1.54, 1.807) is 0 Å². The first-order valence-electron chi connectivity index (χ1n) is 6.22. The van der Waals surface area contributed by atoms with E-state index in [4.69, 9.17) is 4.74 Å². The minimum absolute atomic E-state index is 0. The molecule has 0 aromatic heterocycles. The molecule has 0 saturated carbocycles. The van der Waals surface area contributed by atoms with Crippen LogP contribution in [0.15, 0.2) is 18.2 Å². The SMILES string of the molecule is COc1ccc(C(=O)NCC2CNC2)cc1OC(F)F.Cl. The van der Waals surface area contributed by atoms with Crippen molar-refractivity contribution in [2.75, 3.05) is 26.7 Å². The van der Waals surface area contributed by atoms with Gasteiger partial charge in [0.05, 0.1) is 7.11 Å². The fraction of sp³-hybridized carbons (Fsp3) is 0.462. The van der Waals surface area contributed by atoms with E-state index in [-0.39, 0.29) is 35.4 Å². The lowest BCUT2D eigenvalue weighted by Crippen LogP contribution is -2.48. The average Bonchev–Trinajstić information content (AvgIpc) is 2.36. The van der Waals surface area contributed by atoms with Crippen LogP contribution in [0.3, 0.4) is 0 Å². The highest BCUT2D eigenvalue weighted by molar-refractivity contribution is 5.94. The molecule has 1 saturated heterocycles. The molecule has 1 fully saturated rings. The Bertz CT molecular complexity index is 484. The van der Waals surface area contributed by atoms with Crippen LogP contribution in [0, 0.1) is 5.92 Å². The van der Waals surface area contributed by atoms with E-state index >= 15 is 0 Å². The number of carbonyl (C=O) groups excluding carboxylic acids is 1. The minimum Gasteiger partial charge on any atom is -0.493 e. The van der Waals surface area contributed by atoms with Crippen molar-refractivity contribution >= 4 is 18.3 Å². The molecule has 118 valence electrons. The van der Waals surface area contributed by atoms with E-state index in [1.165, 1.54) is 25.3 Å². The Labute approximate surface area is 127 Å². The molecule has 1 amide bonds. The monoisotopic (exact) mass is 322 g/mol. The van der Waals surface area contributed by atoms with Gasteiger partial charge in [-0.3, -0.25) is 4.79 Å². The number of benzene rings is 1. The quantitative estimate of drug-likeness (QED) is 0.836. The van der Waals surface area contributed by atoms with Crippen LogP contribution in [0.2, 0.25) is 0 Å². The van der Waals surface area contributed by atoms with E-state index in [2.05, 4.69) is 15.4 Å². The van der Waals surface area contributed by atoms with Gasteiger partial charge in [-0.1, -0.05) is 0 Å². The second-order valence-electron chi connectivity index (χ2n) is 4.48. The van der Waals surface area contributed by atoms with Gasteiger partial charge in [0.2, 0.25) is 0 Å². The van der Waals surface area contributed by atoms with Gasteiger partial charge in [-0.25, -0.2) is 0 Å². The summed E-state index contributed by atoms with van der Waals surface area (Å²) >= 11 is 0. The number of ether oxygens (including phenoxy) is 2. The van der Waals surface area contributed by atoms with Crippen LogP contribution in [0.1, 0.15) is 10.4 Å². The Hall–Kier alpha value is -1.60. The van der Waals surface area contributed by atoms with Gasteiger partial charge < -0.3 is 20.1 Å². The summed E-state index contributed by atoms with van der Waals surface area (Å²) in [5.74, 6) is 0.109. The predicted octanol–water partition coefficient (Wildman–Crippen LogP) is 1.67. The van der Waals surface area contributed by atoms with Crippen LogP contribution in [0.5, 0.6) is 11.5 Å². The number of rotatable bonds is 6. The summed E-state index contributed by atoms with van der Waals surface area (Å²) in [6, 6.07) is 4.18. The lowest BCUT2D eigenvalue weighted by molar-refractivity contribution is -0.0512. The molecule has 0 unspecified atom stereocenters. The second kappa shape index (κ2) is 7.99. The van der Waals surface area contributed by atoms with Gasteiger partial charge in [-0.05, 0) is 18.2 Å². The summed E-state index contributed by atoms with van der Waals surface area (Å²) in [6.45, 7) is -0.656. The Balaban J connectivity index is 0.00000220. The van der Waals surface area contributed by atoms with Crippen molar-refractivity contribution in [2.45, 2.75) is 6.61 Å². The van der Waals surface area contributed by atoms with Gasteiger partial charge in [0, 0.05) is 31.1 Å². The molecule has 0 spiro atoms. The first kappa shape index (κ1) is 17.5. The number of nitrogens with one attached hydrogen (secondary N) is 2. The summed E-state index contributed by atoms with van der Waals surface area (Å²) in [6.07, 6.45) is 0. The molecule has 1 heterocycles. The molecule has 1 aliphatic heterocycles. The largest absolute Gasteiger partial charge is 0.493 e. The molecular formula is C13H17ClF2N2O3. The third-order valence-corrected chi connectivity index (χ3v) is 3.06. The van der Waals surface area contributed by atoms with Crippen LogP contribution in [0.25, 0.3) is 0 Å². The standard InChI is InChI=1S/C13H16F2N2O3.ClH/c1-19-10-3-2-9(4-11(10)20-13(14)15)12(18)17-7-8-5-16-6-8;/h2-4,8,13,16H,5-7H2,1H3,(H,17,18);1H. The van der Waals surface area contributed by atoms with E-state index < -0.39 is 6.61 Å². The van der Waals surface area contributed by atoms with Gasteiger partial charge in [-0.2, -0.15) is 8.78 Å². The van der Waals surface area contributed by atoms with E-state index in [1.807, 2.05) is 0 Å². The summed E-state index contributed by atoms with van der Waals surface area (Å²) in [5, 5.41) is 5.86. The number of methoxy groups -OCH3 is 1. The third-order valence-electron chi connectivity index (χ3n) is 3.06. The van der Waals surface area contributed by atoms with Gasteiger partial charge in [0.25, 0.3) is 5.91 Å². The number of amides is 1. The molecule has 1 aliphatic rings.